The molecule has 2 aromatic heterocycles. The van der Waals surface area contributed by atoms with E-state index < -0.39 is 0 Å². The first-order valence-corrected chi connectivity index (χ1v) is 6.71. The Morgan fingerprint density at radius 1 is 1.14 bits per heavy atom. The monoisotopic (exact) mass is 289 g/mol. The average molecular weight is 289 g/mol. The third kappa shape index (κ3) is 1.66. The zero-order valence-corrected chi connectivity index (χ0v) is 11.7. The highest BCUT2D eigenvalue weighted by molar-refractivity contribution is 6.06. The number of hydrogen-bond acceptors (Lipinski definition) is 4. The lowest BCUT2D eigenvalue weighted by Crippen LogP contribution is -1.97. The lowest BCUT2D eigenvalue weighted by atomic mass is 10.1. The van der Waals surface area contributed by atoms with Crippen LogP contribution in [0.4, 0.5) is 0 Å². The summed E-state index contributed by atoms with van der Waals surface area (Å²) >= 11 is 0. The van der Waals surface area contributed by atoms with Gasteiger partial charge in [-0.1, -0.05) is 0 Å². The molecule has 6 nitrogen and oxygen atoms in total. The Hall–Kier alpha value is -3.33. The van der Waals surface area contributed by atoms with E-state index >= 15 is 0 Å². The molecule has 0 saturated heterocycles. The number of H-pyrrole nitrogens is 1. The molecule has 0 spiro atoms. The zero-order chi connectivity index (χ0) is 15.1. The molecule has 0 atom stereocenters. The van der Waals surface area contributed by atoms with E-state index in [0.29, 0.717) is 5.69 Å². The van der Waals surface area contributed by atoms with Gasteiger partial charge in [0, 0.05) is 10.8 Å². The van der Waals surface area contributed by atoms with E-state index in [1.165, 1.54) is 0 Å². The second kappa shape index (κ2) is 4.60. The molecular weight excluding hydrogens is 278 g/mol. The number of aromatic nitrogens is 4. The molecule has 6 heteroatoms. The molecular formula is C16H11N5O. The summed E-state index contributed by atoms with van der Waals surface area (Å²) < 4.78 is 7.06. The van der Waals surface area contributed by atoms with Gasteiger partial charge in [0.25, 0.3) is 0 Å². The fraction of sp³-hybridized carbons (Fsp3) is 0.0625. The molecule has 0 radical (unpaired) electrons. The van der Waals surface area contributed by atoms with Crippen molar-refractivity contribution in [3.05, 3.63) is 48.3 Å². The minimum atomic E-state index is 0.508. The van der Waals surface area contributed by atoms with Crippen LogP contribution in [0.5, 0.6) is 5.75 Å². The number of ether oxygens (including phenoxy) is 1. The molecule has 0 saturated carbocycles. The van der Waals surface area contributed by atoms with Crippen molar-refractivity contribution in [2.24, 2.45) is 0 Å². The quantitative estimate of drug-likeness (QED) is 0.615. The number of nitriles is 1. The summed E-state index contributed by atoms with van der Waals surface area (Å²) in [5.74, 6) is 0.780. The Labute approximate surface area is 125 Å². The summed E-state index contributed by atoms with van der Waals surface area (Å²) in [4.78, 5) is 0. The highest BCUT2D eigenvalue weighted by Crippen LogP contribution is 2.29. The maximum atomic E-state index is 9.35. The number of hydrogen-bond donors (Lipinski definition) is 1. The van der Waals surface area contributed by atoms with Crippen LogP contribution in [-0.4, -0.2) is 27.1 Å². The molecule has 22 heavy (non-hydrogen) atoms. The van der Waals surface area contributed by atoms with Crippen molar-refractivity contribution in [3.8, 4) is 17.5 Å². The fourth-order valence-corrected chi connectivity index (χ4v) is 2.64. The maximum absolute atomic E-state index is 9.35. The first-order valence-electron chi connectivity index (χ1n) is 6.71. The summed E-state index contributed by atoms with van der Waals surface area (Å²) in [6.45, 7) is 0. The Bertz CT molecular complexity index is 1020. The lowest BCUT2D eigenvalue weighted by Gasteiger charge is -2.06. The van der Waals surface area contributed by atoms with E-state index in [4.69, 9.17) is 4.74 Å². The number of nitrogens with zero attached hydrogens (tertiary/aromatic N) is 4. The van der Waals surface area contributed by atoms with Crippen LogP contribution in [-0.2, 0) is 0 Å². The molecule has 106 valence electrons. The van der Waals surface area contributed by atoms with Crippen molar-refractivity contribution in [1.29, 1.82) is 5.26 Å². The molecule has 0 fully saturated rings. The van der Waals surface area contributed by atoms with Crippen molar-refractivity contribution in [2.45, 2.75) is 0 Å². The summed E-state index contributed by atoms with van der Waals surface area (Å²) in [7, 11) is 1.63. The number of nitrogens with one attached hydrogen (secondary N) is 1. The van der Waals surface area contributed by atoms with Crippen molar-refractivity contribution in [2.75, 3.05) is 7.11 Å². The van der Waals surface area contributed by atoms with Gasteiger partial charge in [0.05, 0.1) is 30.0 Å². The van der Waals surface area contributed by atoms with Gasteiger partial charge in [-0.2, -0.15) is 15.5 Å². The fourth-order valence-electron chi connectivity index (χ4n) is 2.64. The first kappa shape index (κ1) is 12.4. The second-order valence-electron chi connectivity index (χ2n) is 4.87. The van der Waals surface area contributed by atoms with Crippen molar-refractivity contribution < 1.29 is 4.74 Å². The third-order valence-electron chi connectivity index (χ3n) is 3.71. The largest absolute Gasteiger partial charge is 0.497 e. The van der Waals surface area contributed by atoms with Crippen LogP contribution in [0, 0.1) is 11.3 Å². The van der Waals surface area contributed by atoms with Crippen LogP contribution in [0.2, 0.25) is 0 Å². The predicted molar refractivity (Wildman–Crippen MR) is 82.0 cm³/mol. The summed E-state index contributed by atoms with van der Waals surface area (Å²) in [6, 6.07) is 13.6. The van der Waals surface area contributed by atoms with Gasteiger partial charge in [-0.25, -0.2) is 0 Å². The molecule has 0 aliphatic carbocycles. The van der Waals surface area contributed by atoms with E-state index in [1.54, 1.807) is 13.3 Å². The van der Waals surface area contributed by atoms with Crippen LogP contribution in [0.3, 0.4) is 0 Å². The smallest absolute Gasteiger partial charge is 0.142 e. The maximum Gasteiger partial charge on any atom is 0.142 e. The van der Waals surface area contributed by atoms with Gasteiger partial charge in [0.15, 0.2) is 0 Å². The number of fused-ring (bicyclic) bond motifs is 3. The average Bonchev–Trinajstić information content (AvgIpc) is 3.18. The Balaban J connectivity index is 2.07. The van der Waals surface area contributed by atoms with Crippen LogP contribution < -0.4 is 4.74 Å². The minimum absolute atomic E-state index is 0.508. The van der Waals surface area contributed by atoms with Gasteiger partial charge in [0.2, 0.25) is 0 Å². The van der Waals surface area contributed by atoms with E-state index in [2.05, 4.69) is 21.4 Å². The molecule has 0 aliphatic rings. The van der Waals surface area contributed by atoms with E-state index in [1.807, 2.05) is 41.1 Å². The van der Waals surface area contributed by atoms with Crippen molar-refractivity contribution in [3.63, 3.8) is 0 Å². The Kier molecular flexibility index (Phi) is 2.60. The number of rotatable bonds is 2. The topological polar surface area (TPSA) is 79.5 Å². The van der Waals surface area contributed by atoms with E-state index in [9.17, 15) is 5.26 Å². The second-order valence-corrected chi connectivity index (χ2v) is 4.87. The summed E-state index contributed by atoms with van der Waals surface area (Å²) in [5, 5.41) is 22.3. The molecule has 2 aromatic carbocycles. The van der Waals surface area contributed by atoms with Gasteiger partial charge in [-0.3, -0.25) is 9.78 Å². The van der Waals surface area contributed by atoms with Gasteiger partial charge in [-0.15, -0.1) is 0 Å². The molecule has 4 rings (SSSR count). The van der Waals surface area contributed by atoms with Gasteiger partial charge >= 0.3 is 0 Å². The normalized spacial score (nSPS) is 10.9. The number of aromatic amines is 1. The van der Waals surface area contributed by atoms with E-state index in [0.717, 1.165) is 33.2 Å². The molecule has 0 amide bonds. The molecule has 0 aliphatic heterocycles. The molecule has 1 N–H and O–H groups in total. The van der Waals surface area contributed by atoms with Crippen LogP contribution in [0.25, 0.3) is 27.5 Å². The minimum Gasteiger partial charge on any atom is -0.497 e. The molecule has 2 heterocycles. The number of methoxy groups -OCH3 is 1. The van der Waals surface area contributed by atoms with Gasteiger partial charge in [-0.05, 0) is 36.4 Å². The number of benzene rings is 2. The van der Waals surface area contributed by atoms with Crippen molar-refractivity contribution in [1.82, 2.24) is 20.0 Å². The first-order chi connectivity index (χ1) is 10.8. The molecule has 0 bridgehead atoms. The van der Waals surface area contributed by atoms with Crippen LogP contribution in [0.1, 0.15) is 5.69 Å². The van der Waals surface area contributed by atoms with Gasteiger partial charge in [0.1, 0.15) is 17.5 Å². The Morgan fingerprint density at radius 2 is 1.95 bits per heavy atom. The van der Waals surface area contributed by atoms with E-state index in [-0.39, 0.29) is 0 Å². The summed E-state index contributed by atoms with van der Waals surface area (Å²) in [6.07, 6.45) is 1.71. The third-order valence-corrected chi connectivity index (χ3v) is 3.71. The summed E-state index contributed by atoms with van der Waals surface area (Å²) in [5.41, 5.74) is 3.11. The zero-order valence-electron chi connectivity index (χ0n) is 11.7. The highest BCUT2D eigenvalue weighted by atomic mass is 16.5. The predicted octanol–water partition coefficient (Wildman–Crippen LogP) is 2.78. The Morgan fingerprint density at radius 3 is 2.68 bits per heavy atom. The van der Waals surface area contributed by atoms with Gasteiger partial charge < -0.3 is 4.74 Å². The van der Waals surface area contributed by atoms with Crippen LogP contribution in [0.15, 0.2) is 42.6 Å². The lowest BCUT2D eigenvalue weighted by molar-refractivity contribution is 0.414. The highest BCUT2D eigenvalue weighted by Gasteiger charge is 2.14. The molecule has 0 unspecified atom stereocenters. The molecule has 4 aromatic rings. The SMILES string of the molecule is COc1ccc(-n2[nH]c(C#N)c3ccc4nncc4c32)cc1. The van der Waals surface area contributed by atoms with Crippen molar-refractivity contribution >= 4 is 21.8 Å². The standard InChI is InChI=1S/C16H11N5O/c1-22-11-4-2-10(3-5-11)21-16-12(15(8-17)20-21)6-7-14-13(16)9-18-19-14/h2-7,9,20H,1H3. The van der Waals surface area contributed by atoms with Crippen LogP contribution >= 0.6 is 0 Å².